The van der Waals surface area contributed by atoms with Gasteiger partial charge in [-0.25, -0.2) is 4.68 Å². The van der Waals surface area contributed by atoms with Gasteiger partial charge >= 0.3 is 0 Å². The summed E-state index contributed by atoms with van der Waals surface area (Å²) in [6, 6.07) is -1.21. The molecule has 1 amide bonds. The van der Waals surface area contributed by atoms with Gasteiger partial charge in [0.05, 0.1) is 30.6 Å². The highest BCUT2D eigenvalue weighted by atomic mass is 16.4. The number of amides is 1. The number of β-amino-alcohol motifs (C(OH)–C–C–N with tert-alkyl or cyclic N) is 1. The van der Waals surface area contributed by atoms with E-state index in [0.717, 1.165) is 6.42 Å². The molecule has 1 aromatic rings. The van der Waals surface area contributed by atoms with Crippen LogP contribution in [0, 0.1) is 5.92 Å². The Bertz CT molecular complexity index is 610. The minimum absolute atomic E-state index is 0.00961. The summed E-state index contributed by atoms with van der Waals surface area (Å²) < 4.78 is 1.52. The topological polar surface area (TPSA) is 144 Å². The fourth-order valence-electron chi connectivity index (χ4n) is 3.37. The van der Waals surface area contributed by atoms with Crippen molar-refractivity contribution < 1.29 is 25.2 Å². The Hall–Kier alpha value is -1.59. The number of likely N-dealkylation sites (tertiary alicyclic amines) is 1. The van der Waals surface area contributed by atoms with Crippen LogP contribution in [0.1, 0.15) is 38.9 Å². The number of nitrogens with one attached hydrogen (secondary N) is 1. The number of carbonyl (C=O) groups is 1. The van der Waals surface area contributed by atoms with Crippen LogP contribution < -0.4 is 5.32 Å². The predicted octanol–water partition coefficient (Wildman–Crippen LogP) is -1.74. The third-order valence-corrected chi connectivity index (χ3v) is 4.87. The van der Waals surface area contributed by atoms with E-state index in [4.69, 9.17) is 0 Å². The maximum absolute atomic E-state index is 12.4. The number of hydrogen-bond acceptors (Lipinski definition) is 8. The van der Waals surface area contributed by atoms with Gasteiger partial charge in [-0.05, 0) is 12.3 Å². The molecule has 1 saturated heterocycles. The van der Waals surface area contributed by atoms with Gasteiger partial charge in [0.25, 0.3) is 0 Å². The number of nitrogens with zero attached hydrogens (tertiary/aromatic N) is 4. The van der Waals surface area contributed by atoms with Gasteiger partial charge in [-0.1, -0.05) is 26.0 Å². The minimum atomic E-state index is -1.30. The van der Waals surface area contributed by atoms with E-state index in [-0.39, 0.29) is 31.5 Å². The van der Waals surface area contributed by atoms with Crippen molar-refractivity contribution in [3.63, 3.8) is 0 Å². The van der Waals surface area contributed by atoms with Crippen molar-refractivity contribution in [3.8, 4) is 0 Å². The molecule has 5 N–H and O–H groups in total. The van der Waals surface area contributed by atoms with Crippen LogP contribution in [0.4, 0.5) is 0 Å². The lowest BCUT2D eigenvalue weighted by atomic mass is 9.94. The number of carbonyl (C=O) groups excluding carboxylic acids is 1. The van der Waals surface area contributed by atoms with E-state index in [0.29, 0.717) is 12.2 Å². The monoisotopic (exact) mass is 385 g/mol. The summed E-state index contributed by atoms with van der Waals surface area (Å²) in [5.74, 6) is -0.112. The van der Waals surface area contributed by atoms with Gasteiger partial charge in [0.15, 0.2) is 0 Å². The van der Waals surface area contributed by atoms with Crippen molar-refractivity contribution in [1.29, 1.82) is 0 Å². The Balaban J connectivity index is 2.12. The third kappa shape index (κ3) is 5.02. The number of piperidine rings is 1. The van der Waals surface area contributed by atoms with Crippen LogP contribution in [-0.4, -0.2) is 90.3 Å². The van der Waals surface area contributed by atoms with Crippen molar-refractivity contribution in [3.05, 3.63) is 11.9 Å². The molecule has 154 valence electrons. The lowest BCUT2D eigenvalue weighted by Gasteiger charge is -2.42. The van der Waals surface area contributed by atoms with E-state index in [1.807, 2.05) is 20.8 Å². The van der Waals surface area contributed by atoms with Crippen molar-refractivity contribution in [2.45, 2.75) is 64.1 Å². The first-order chi connectivity index (χ1) is 12.8. The Morgan fingerprint density at radius 1 is 1.33 bits per heavy atom. The molecular formula is C17H31N5O5. The summed E-state index contributed by atoms with van der Waals surface area (Å²) in [6.07, 6.45) is -1.19. The van der Waals surface area contributed by atoms with E-state index in [9.17, 15) is 25.2 Å². The van der Waals surface area contributed by atoms with Gasteiger partial charge in [0.2, 0.25) is 5.91 Å². The number of aliphatic hydroxyl groups excluding tert-OH is 4. The minimum Gasteiger partial charge on any atom is -0.395 e. The molecule has 2 heterocycles. The van der Waals surface area contributed by atoms with Gasteiger partial charge in [-0.3, -0.25) is 9.69 Å². The molecule has 1 fully saturated rings. The Kier molecular flexibility index (Phi) is 7.68. The summed E-state index contributed by atoms with van der Waals surface area (Å²) in [4.78, 5) is 14.1. The molecule has 0 radical (unpaired) electrons. The molecule has 1 aliphatic heterocycles. The van der Waals surface area contributed by atoms with Crippen molar-refractivity contribution >= 4 is 5.91 Å². The molecule has 2 rings (SSSR count). The van der Waals surface area contributed by atoms with Crippen molar-refractivity contribution in [1.82, 2.24) is 25.2 Å². The first-order valence-corrected chi connectivity index (χ1v) is 9.37. The molecule has 0 saturated carbocycles. The van der Waals surface area contributed by atoms with Crippen molar-refractivity contribution in [2.24, 2.45) is 5.92 Å². The summed E-state index contributed by atoms with van der Waals surface area (Å²) in [7, 11) is 0. The summed E-state index contributed by atoms with van der Waals surface area (Å²) >= 11 is 0. The lowest BCUT2D eigenvalue weighted by molar-refractivity contribution is -0.147. The fourth-order valence-corrected chi connectivity index (χ4v) is 3.37. The molecule has 5 atom stereocenters. The van der Waals surface area contributed by atoms with Gasteiger partial charge < -0.3 is 25.7 Å². The lowest BCUT2D eigenvalue weighted by Crippen LogP contribution is -2.62. The first kappa shape index (κ1) is 21.7. The predicted molar refractivity (Wildman–Crippen MR) is 96.5 cm³/mol. The average molecular weight is 385 g/mol. The molecule has 0 bridgehead atoms. The molecule has 1 unspecified atom stereocenters. The standard InChI is InChI=1S/C17H31N5O5/c1-4-5-18-17(27)14(10(2)3)22-7-11(19-20-22)6-21-8-13(24)16(26)15(25)12(21)9-23/h7,10,12-16,23-26H,4-6,8-9H2,1-3H3,(H,18,27)/t12-,13+,14?,15-,16-/m1/s1. The fraction of sp³-hybridized carbons (Fsp3) is 0.824. The van der Waals surface area contributed by atoms with Crippen LogP contribution in [0.15, 0.2) is 6.20 Å². The molecule has 10 heteroatoms. The quantitative estimate of drug-likeness (QED) is 0.355. The second kappa shape index (κ2) is 9.56. The normalized spacial score (nSPS) is 27.7. The van der Waals surface area contributed by atoms with Crippen LogP contribution in [0.5, 0.6) is 0 Å². The van der Waals surface area contributed by atoms with Crippen LogP contribution in [0.3, 0.4) is 0 Å². The molecular weight excluding hydrogens is 354 g/mol. The highest BCUT2D eigenvalue weighted by molar-refractivity contribution is 5.80. The maximum atomic E-state index is 12.4. The number of hydrogen-bond donors (Lipinski definition) is 5. The van der Waals surface area contributed by atoms with Gasteiger partial charge in [0.1, 0.15) is 18.2 Å². The zero-order chi connectivity index (χ0) is 20.1. The van der Waals surface area contributed by atoms with Crippen LogP contribution in [0.25, 0.3) is 0 Å². The van der Waals surface area contributed by atoms with Crippen LogP contribution in [0.2, 0.25) is 0 Å². The van der Waals surface area contributed by atoms with E-state index in [1.54, 1.807) is 11.1 Å². The van der Waals surface area contributed by atoms with Crippen LogP contribution >= 0.6 is 0 Å². The van der Waals surface area contributed by atoms with E-state index >= 15 is 0 Å². The number of rotatable bonds is 8. The molecule has 10 nitrogen and oxygen atoms in total. The van der Waals surface area contributed by atoms with E-state index in [1.165, 1.54) is 4.68 Å². The highest BCUT2D eigenvalue weighted by Crippen LogP contribution is 2.22. The smallest absolute Gasteiger partial charge is 0.245 e. The largest absolute Gasteiger partial charge is 0.395 e. The molecule has 0 aliphatic carbocycles. The SMILES string of the molecule is CCCNC(=O)C(C(C)C)n1cc(CN2C[C@H](O)[C@@H](O)[C@H](O)[C@H]2CO)nn1. The summed E-state index contributed by atoms with van der Waals surface area (Å²) in [6.45, 7) is 6.36. The Morgan fingerprint density at radius 3 is 2.63 bits per heavy atom. The Morgan fingerprint density at radius 2 is 2.04 bits per heavy atom. The molecule has 0 spiro atoms. The third-order valence-electron chi connectivity index (χ3n) is 4.87. The molecule has 1 aliphatic rings. The molecule has 27 heavy (non-hydrogen) atoms. The van der Waals surface area contributed by atoms with Crippen molar-refractivity contribution in [2.75, 3.05) is 19.7 Å². The van der Waals surface area contributed by atoms with Gasteiger partial charge in [-0.2, -0.15) is 0 Å². The number of aromatic nitrogens is 3. The summed E-state index contributed by atoms with van der Waals surface area (Å²) in [5, 5.41) is 50.4. The van der Waals surface area contributed by atoms with Crippen LogP contribution in [-0.2, 0) is 11.3 Å². The number of aliphatic hydroxyl groups is 4. The zero-order valence-corrected chi connectivity index (χ0v) is 16.1. The van der Waals surface area contributed by atoms with E-state index < -0.39 is 30.4 Å². The maximum Gasteiger partial charge on any atom is 0.245 e. The zero-order valence-electron chi connectivity index (χ0n) is 16.1. The van der Waals surface area contributed by atoms with Gasteiger partial charge in [-0.15, -0.1) is 5.10 Å². The van der Waals surface area contributed by atoms with E-state index in [2.05, 4.69) is 15.6 Å². The second-order valence-corrected chi connectivity index (χ2v) is 7.40. The van der Waals surface area contributed by atoms with Gasteiger partial charge in [0, 0.05) is 19.6 Å². The Labute approximate surface area is 158 Å². The summed E-state index contributed by atoms with van der Waals surface area (Å²) in [5.41, 5.74) is 0.540. The second-order valence-electron chi connectivity index (χ2n) is 7.40. The molecule has 1 aromatic heterocycles. The molecule has 0 aromatic carbocycles. The highest BCUT2D eigenvalue weighted by Gasteiger charge is 2.41. The first-order valence-electron chi connectivity index (χ1n) is 9.37. The average Bonchev–Trinajstić information content (AvgIpc) is 3.06.